The number of carbonyl (C=O) groups is 1. The van der Waals surface area contributed by atoms with E-state index in [9.17, 15) is 13.6 Å². The van der Waals surface area contributed by atoms with E-state index in [2.05, 4.69) is 21.2 Å². The molecule has 0 spiro atoms. The van der Waals surface area contributed by atoms with Crippen LogP contribution >= 0.6 is 15.9 Å². The maximum absolute atomic E-state index is 13.3. The largest absolute Gasteiger partial charge is 0.372 e. The lowest BCUT2D eigenvalue weighted by Crippen LogP contribution is -2.20. The zero-order chi connectivity index (χ0) is 12.8. The van der Waals surface area contributed by atoms with Gasteiger partial charge in [-0.15, -0.1) is 0 Å². The molecular formula is C11H12BrF2NO2. The third-order valence-electron chi connectivity index (χ3n) is 1.85. The molecule has 94 valence electrons. The smallest absolute Gasteiger partial charge is 0.250 e. The van der Waals surface area contributed by atoms with E-state index in [0.717, 1.165) is 18.6 Å². The Labute approximate surface area is 106 Å². The molecule has 1 rings (SSSR count). The topological polar surface area (TPSA) is 38.3 Å². The second kappa shape index (κ2) is 6.66. The summed E-state index contributed by atoms with van der Waals surface area (Å²) >= 11 is 2.95. The quantitative estimate of drug-likeness (QED) is 0.849. The number of hydrogen-bond acceptors (Lipinski definition) is 2. The van der Waals surface area contributed by atoms with Crippen molar-refractivity contribution in [1.29, 1.82) is 0 Å². The van der Waals surface area contributed by atoms with E-state index in [4.69, 9.17) is 4.74 Å². The van der Waals surface area contributed by atoms with Crippen LogP contribution in [0.25, 0.3) is 0 Å². The maximum atomic E-state index is 13.3. The lowest BCUT2D eigenvalue weighted by atomic mass is 10.3. The number of anilines is 1. The second-order valence-corrected chi connectivity index (χ2v) is 4.26. The molecule has 1 amide bonds. The molecule has 0 saturated heterocycles. The van der Waals surface area contributed by atoms with Gasteiger partial charge in [-0.2, -0.15) is 0 Å². The SMILES string of the molecule is CCCOCC(=O)Nc1c(F)cc(Br)cc1F. The zero-order valence-corrected chi connectivity index (χ0v) is 10.8. The van der Waals surface area contributed by atoms with Crippen LogP contribution in [0.3, 0.4) is 0 Å². The molecule has 0 aromatic heterocycles. The van der Waals surface area contributed by atoms with Gasteiger partial charge in [0.05, 0.1) is 0 Å². The molecule has 3 nitrogen and oxygen atoms in total. The van der Waals surface area contributed by atoms with Crippen LogP contribution in [0.15, 0.2) is 16.6 Å². The third kappa shape index (κ3) is 4.40. The molecule has 0 fully saturated rings. The highest BCUT2D eigenvalue weighted by Gasteiger charge is 2.13. The summed E-state index contributed by atoms with van der Waals surface area (Å²) in [6.45, 7) is 2.10. The van der Waals surface area contributed by atoms with Crippen molar-refractivity contribution in [2.24, 2.45) is 0 Å². The molecule has 0 bridgehead atoms. The van der Waals surface area contributed by atoms with Crippen LogP contribution < -0.4 is 5.32 Å². The van der Waals surface area contributed by atoms with Gasteiger partial charge >= 0.3 is 0 Å². The van der Waals surface area contributed by atoms with Crippen LogP contribution in [0.5, 0.6) is 0 Å². The van der Waals surface area contributed by atoms with E-state index >= 15 is 0 Å². The predicted molar refractivity (Wildman–Crippen MR) is 63.8 cm³/mol. The normalized spacial score (nSPS) is 10.4. The Hall–Kier alpha value is -1.01. The average molecular weight is 308 g/mol. The minimum Gasteiger partial charge on any atom is -0.372 e. The molecule has 0 aliphatic heterocycles. The molecule has 0 radical (unpaired) electrons. The minimum absolute atomic E-state index is 0.219. The van der Waals surface area contributed by atoms with Gasteiger partial charge < -0.3 is 10.1 Å². The highest BCUT2D eigenvalue weighted by Crippen LogP contribution is 2.23. The van der Waals surface area contributed by atoms with Gasteiger partial charge in [0.2, 0.25) is 0 Å². The van der Waals surface area contributed by atoms with Crippen molar-refractivity contribution in [2.45, 2.75) is 13.3 Å². The Morgan fingerprint density at radius 1 is 1.41 bits per heavy atom. The highest BCUT2D eigenvalue weighted by molar-refractivity contribution is 9.10. The third-order valence-corrected chi connectivity index (χ3v) is 2.31. The van der Waals surface area contributed by atoms with Gasteiger partial charge in [0.25, 0.3) is 5.91 Å². The number of ether oxygens (including phenoxy) is 1. The second-order valence-electron chi connectivity index (χ2n) is 3.35. The van der Waals surface area contributed by atoms with Crippen molar-refractivity contribution in [3.63, 3.8) is 0 Å². The summed E-state index contributed by atoms with van der Waals surface area (Å²) in [5.41, 5.74) is -0.460. The van der Waals surface area contributed by atoms with Crippen molar-refractivity contribution >= 4 is 27.5 Å². The summed E-state index contributed by atoms with van der Waals surface area (Å²) in [7, 11) is 0. The molecule has 17 heavy (non-hydrogen) atoms. The van der Waals surface area contributed by atoms with Gasteiger partial charge in [-0.3, -0.25) is 4.79 Å². The molecule has 0 atom stereocenters. The fourth-order valence-electron chi connectivity index (χ4n) is 1.15. The lowest BCUT2D eigenvalue weighted by molar-refractivity contribution is -0.120. The monoisotopic (exact) mass is 307 g/mol. The zero-order valence-electron chi connectivity index (χ0n) is 9.23. The van der Waals surface area contributed by atoms with Gasteiger partial charge in [-0.05, 0) is 18.6 Å². The fourth-order valence-corrected chi connectivity index (χ4v) is 1.55. The predicted octanol–water partition coefficient (Wildman–Crippen LogP) is 3.09. The summed E-state index contributed by atoms with van der Waals surface area (Å²) in [5.74, 6) is -2.25. The van der Waals surface area contributed by atoms with Crippen LogP contribution in [-0.2, 0) is 9.53 Å². The number of carbonyl (C=O) groups excluding carboxylic acids is 1. The molecule has 6 heteroatoms. The van der Waals surface area contributed by atoms with Gasteiger partial charge in [0.1, 0.15) is 12.3 Å². The number of nitrogens with one attached hydrogen (secondary N) is 1. The molecule has 1 N–H and O–H groups in total. The first-order valence-corrected chi connectivity index (χ1v) is 5.86. The summed E-state index contributed by atoms with van der Waals surface area (Å²) in [6, 6.07) is 2.15. The number of halogens is 3. The summed E-state index contributed by atoms with van der Waals surface area (Å²) in [5, 5.41) is 2.13. The fraction of sp³-hybridized carbons (Fsp3) is 0.364. The van der Waals surface area contributed by atoms with Gasteiger partial charge in [0, 0.05) is 11.1 Å². The Morgan fingerprint density at radius 3 is 2.53 bits per heavy atom. The maximum Gasteiger partial charge on any atom is 0.250 e. The Balaban J connectivity index is 2.65. The average Bonchev–Trinajstić information content (AvgIpc) is 2.24. The summed E-state index contributed by atoms with van der Waals surface area (Å²) in [4.78, 5) is 11.3. The van der Waals surface area contributed by atoms with Crippen molar-refractivity contribution in [2.75, 3.05) is 18.5 Å². The van der Waals surface area contributed by atoms with E-state index in [0.29, 0.717) is 6.61 Å². The standard InChI is InChI=1S/C11H12BrF2NO2/c1-2-3-17-6-10(16)15-11-8(13)4-7(12)5-9(11)14/h4-5H,2-3,6H2,1H3,(H,15,16). The number of rotatable bonds is 5. The number of hydrogen-bond donors (Lipinski definition) is 1. The van der Waals surface area contributed by atoms with Crippen LogP contribution in [0, 0.1) is 11.6 Å². The Morgan fingerprint density at radius 2 is 2.00 bits per heavy atom. The first-order chi connectivity index (χ1) is 8.04. The molecule has 0 saturated carbocycles. The van der Waals surface area contributed by atoms with Crippen LogP contribution in [0.1, 0.15) is 13.3 Å². The van der Waals surface area contributed by atoms with Crippen LogP contribution in [0.2, 0.25) is 0 Å². The van der Waals surface area contributed by atoms with Gasteiger partial charge in [-0.25, -0.2) is 8.78 Å². The molecule has 0 aliphatic rings. The number of amides is 1. The molecule has 1 aromatic rings. The van der Waals surface area contributed by atoms with Crippen molar-refractivity contribution in [3.05, 3.63) is 28.2 Å². The molecular weight excluding hydrogens is 296 g/mol. The van der Waals surface area contributed by atoms with E-state index in [-0.39, 0.29) is 11.1 Å². The van der Waals surface area contributed by atoms with E-state index in [1.165, 1.54) is 0 Å². The molecule has 0 aliphatic carbocycles. The van der Waals surface area contributed by atoms with Crippen LogP contribution in [-0.4, -0.2) is 19.1 Å². The molecule has 0 unspecified atom stereocenters. The first kappa shape index (κ1) is 14.1. The minimum atomic E-state index is -0.833. The number of benzene rings is 1. The van der Waals surface area contributed by atoms with Crippen molar-refractivity contribution in [1.82, 2.24) is 0 Å². The molecule has 1 aromatic carbocycles. The summed E-state index contributed by atoms with van der Waals surface area (Å²) < 4.78 is 31.9. The van der Waals surface area contributed by atoms with E-state index in [1.54, 1.807) is 0 Å². The molecule has 0 heterocycles. The van der Waals surface area contributed by atoms with Crippen molar-refractivity contribution in [3.8, 4) is 0 Å². The highest BCUT2D eigenvalue weighted by atomic mass is 79.9. The van der Waals surface area contributed by atoms with E-state index < -0.39 is 23.2 Å². The van der Waals surface area contributed by atoms with Gasteiger partial charge in [-0.1, -0.05) is 22.9 Å². The van der Waals surface area contributed by atoms with Crippen LogP contribution in [0.4, 0.5) is 14.5 Å². The van der Waals surface area contributed by atoms with Gasteiger partial charge in [0.15, 0.2) is 11.6 Å². The van der Waals surface area contributed by atoms with E-state index in [1.807, 2.05) is 6.92 Å². The first-order valence-electron chi connectivity index (χ1n) is 5.06. The summed E-state index contributed by atoms with van der Waals surface area (Å²) in [6.07, 6.45) is 0.772. The Kier molecular flexibility index (Phi) is 5.50. The Bertz CT molecular complexity index is 389. The lowest BCUT2D eigenvalue weighted by Gasteiger charge is -2.08. The van der Waals surface area contributed by atoms with Crippen molar-refractivity contribution < 1.29 is 18.3 Å².